The number of amides is 1. The first-order valence-electron chi connectivity index (χ1n) is 9.22. The van der Waals surface area contributed by atoms with Crippen LogP contribution in [0.3, 0.4) is 0 Å². The molecule has 11 heteroatoms. The van der Waals surface area contributed by atoms with E-state index in [0.29, 0.717) is 18.2 Å². The zero-order valence-corrected chi connectivity index (χ0v) is 17.5. The van der Waals surface area contributed by atoms with Crippen LogP contribution in [0.15, 0.2) is 35.7 Å². The van der Waals surface area contributed by atoms with Crippen molar-refractivity contribution in [1.82, 2.24) is 18.8 Å². The largest absolute Gasteiger partial charge is 0.497 e. The summed E-state index contributed by atoms with van der Waals surface area (Å²) in [7, 11) is -2.02. The Hall–Kier alpha value is -2.50. The lowest BCUT2D eigenvalue weighted by molar-refractivity contribution is -0.116. The van der Waals surface area contributed by atoms with Crippen LogP contribution in [0.1, 0.15) is 19.3 Å². The molecule has 1 amide bonds. The molecule has 0 saturated carbocycles. The number of fused-ring (bicyclic) bond motifs is 1. The average molecular weight is 436 g/mol. The highest BCUT2D eigenvalue weighted by Crippen LogP contribution is 2.29. The fourth-order valence-electron chi connectivity index (χ4n) is 3.21. The molecule has 1 saturated heterocycles. The lowest BCUT2D eigenvalue weighted by Gasteiger charge is -2.24. The normalized spacial score (nSPS) is 15.5. The number of aromatic nitrogens is 3. The molecule has 0 atom stereocenters. The number of ether oxygens (including phenoxy) is 1. The van der Waals surface area contributed by atoms with Gasteiger partial charge in [-0.1, -0.05) is 17.8 Å². The van der Waals surface area contributed by atoms with E-state index in [2.05, 4.69) is 15.3 Å². The molecule has 1 N–H and O–H groups in total. The number of nitrogens with one attached hydrogen (secondary N) is 1. The number of imidazole rings is 1. The molecule has 3 heterocycles. The van der Waals surface area contributed by atoms with Crippen molar-refractivity contribution in [2.24, 2.45) is 0 Å². The molecule has 0 unspecified atom stereocenters. The number of nitrogens with zero attached hydrogens (tertiary/aromatic N) is 4. The Balaban J connectivity index is 1.43. The van der Waals surface area contributed by atoms with Gasteiger partial charge in [0.1, 0.15) is 12.3 Å². The van der Waals surface area contributed by atoms with Gasteiger partial charge in [0.15, 0.2) is 10.2 Å². The van der Waals surface area contributed by atoms with Crippen LogP contribution in [0.2, 0.25) is 0 Å². The van der Waals surface area contributed by atoms with Crippen LogP contribution < -0.4 is 10.1 Å². The van der Waals surface area contributed by atoms with Gasteiger partial charge in [0, 0.05) is 19.3 Å². The number of benzene rings is 1. The van der Waals surface area contributed by atoms with Gasteiger partial charge in [-0.25, -0.2) is 18.4 Å². The maximum Gasteiger partial charge on any atom is 0.262 e. The number of methoxy groups -OCH3 is 1. The second kappa shape index (κ2) is 8.09. The number of rotatable bonds is 6. The Morgan fingerprint density at radius 2 is 2.07 bits per heavy atom. The molecule has 3 aromatic rings. The van der Waals surface area contributed by atoms with Crippen LogP contribution in [0.25, 0.3) is 10.2 Å². The number of carbonyl (C=O) groups is 1. The maximum atomic E-state index is 12.7. The minimum atomic E-state index is -3.61. The predicted octanol–water partition coefficient (Wildman–Crippen LogP) is 2.31. The third-order valence-electron chi connectivity index (χ3n) is 4.70. The van der Waals surface area contributed by atoms with Gasteiger partial charge in [-0.2, -0.15) is 4.31 Å². The van der Waals surface area contributed by atoms with Gasteiger partial charge < -0.3 is 14.6 Å². The van der Waals surface area contributed by atoms with E-state index < -0.39 is 10.0 Å². The number of thiazole rings is 1. The number of carbonyl (C=O) groups excluding carboxylic acids is 1. The molecule has 1 aromatic carbocycles. The van der Waals surface area contributed by atoms with E-state index in [1.54, 1.807) is 7.11 Å². The first-order chi connectivity index (χ1) is 14.0. The van der Waals surface area contributed by atoms with Gasteiger partial charge in [0.05, 0.1) is 23.7 Å². The Kier molecular flexibility index (Phi) is 5.52. The monoisotopic (exact) mass is 435 g/mol. The maximum absolute atomic E-state index is 12.7. The second-order valence-electron chi connectivity index (χ2n) is 6.75. The number of anilines is 1. The molecule has 154 valence electrons. The Morgan fingerprint density at radius 3 is 2.83 bits per heavy atom. The van der Waals surface area contributed by atoms with Crippen molar-refractivity contribution in [1.29, 1.82) is 0 Å². The Bertz CT molecular complexity index is 1130. The summed E-state index contributed by atoms with van der Waals surface area (Å²) < 4.78 is 34.3. The summed E-state index contributed by atoms with van der Waals surface area (Å²) in [5.41, 5.74) is 0.767. The van der Waals surface area contributed by atoms with E-state index in [-0.39, 0.29) is 17.5 Å². The van der Waals surface area contributed by atoms with Crippen molar-refractivity contribution in [2.75, 3.05) is 25.5 Å². The molecule has 9 nitrogen and oxygen atoms in total. The van der Waals surface area contributed by atoms with Crippen molar-refractivity contribution < 1.29 is 17.9 Å². The summed E-state index contributed by atoms with van der Waals surface area (Å²) in [4.78, 5) is 20.7. The molecule has 0 radical (unpaired) electrons. The SMILES string of the molecule is COc1ccc2nc(NC(=O)Cn3cnc(S(=O)(=O)N4CCCCC4)c3)sc2c1. The van der Waals surface area contributed by atoms with Crippen molar-refractivity contribution in [2.45, 2.75) is 30.8 Å². The molecule has 1 aliphatic heterocycles. The number of hydrogen-bond donors (Lipinski definition) is 1. The molecule has 2 aromatic heterocycles. The third kappa shape index (κ3) is 4.26. The van der Waals surface area contributed by atoms with Crippen LogP contribution in [-0.2, 0) is 21.4 Å². The molecule has 4 rings (SSSR count). The predicted molar refractivity (Wildman–Crippen MR) is 110 cm³/mol. The van der Waals surface area contributed by atoms with Crippen molar-refractivity contribution in [3.05, 3.63) is 30.7 Å². The fraction of sp³-hybridized carbons (Fsp3) is 0.389. The lowest BCUT2D eigenvalue weighted by atomic mass is 10.2. The number of hydrogen-bond acceptors (Lipinski definition) is 7. The minimum Gasteiger partial charge on any atom is -0.497 e. The first kappa shape index (κ1) is 19.8. The lowest BCUT2D eigenvalue weighted by Crippen LogP contribution is -2.35. The standard InChI is InChI=1S/C18H21N5O4S2/c1-27-13-5-6-14-15(9-13)28-18(20-14)21-16(24)10-22-11-17(19-12-22)29(25,26)23-7-3-2-4-8-23/h5-6,9,11-12H,2-4,7-8,10H2,1H3,(H,20,21,24). The summed E-state index contributed by atoms with van der Waals surface area (Å²) in [5, 5.41) is 3.19. The molecule has 0 aliphatic carbocycles. The van der Waals surface area contributed by atoms with Gasteiger partial charge in [-0.05, 0) is 31.0 Å². The van der Waals surface area contributed by atoms with Crippen molar-refractivity contribution in [3.63, 3.8) is 0 Å². The molecule has 29 heavy (non-hydrogen) atoms. The molecule has 1 aliphatic rings. The highest BCUT2D eigenvalue weighted by atomic mass is 32.2. The Labute approximate surface area is 172 Å². The smallest absolute Gasteiger partial charge is 0.262 e. The van der Waals surface area contributed by atoms with E-state index in [4.69, 9.17) is 4.74 Å². The summed E-state index contributed by atoms with van der Waals surface area (Å²) in [6.07, 6.45) is 5.51. The van der Waals surface area contributed by atoms with Gasteiger partial charge in [0.2, 0.25) is 5.91 Å². The zero-order valence-electron chi connectivity index (χ0n) is 15.9. The summed E-state index contributed by atoms with van der Waals surface area (Å²) in [6.45, 7) is 0.970. The van der Waals surface area contributed by atoms with Crippen molar-refractivity contribution in [3.8, 4) is 5.75 Å². The fourth-order valence-corrected chi connectivity index (χ4v) is 5.57. The van der Waals surface area contributed by atoms with E-state index in [9.17, 15) is 13.2 Å². The van der Waals surface area contributed by atoms with E-state index in [1.807, 2.05) is 18.2 Å². The quantitative estimate of drug-likeness (QED) is 0.637. The van der Waals surface area contributed by atoms with Crippen LogP contribution >= 0.6 is 11.3 Å². The summed E-state index contributed by atoms with van der Waals surface area (Å²) in [6, 6.07) is 5.49. The van der Waals surface area contributed by atoms with E-state index >= 15 is 0 Å². The van der Waals surface area contributed by atoms with E-state index in [1.165, 1.54) is 32.7 Å². The molecular formula is C18H21N5O4S2. The topological polar surface area (TPSA) is 106 Å². The highest BCUT2D eigenvalue weighted by molar-refractivity contribution is 7.89. The number of sulfonamides is 1. The summed E-state index contributed by atoms with van der Waals surface area (Å²) >= 11 is 1.34. The minimum absolute atomic E-state index is 0.0284. The third-order valence-corrected chi connectivity index (χ3v) is 7.41. The van der Waals surface area contributed by atoms with Crippen LogP contribution in [0, 0.1) is 0 Å². The summed E-state index contributed by atoms with van der Waals surface area (Å²) in [5.74, 6) is 0.412. The number of piperidine rings is 1. The van der Waals surface area contributed by atoms with Gasteiger partial charge >= 0.3 is 0 Å². The second-order valence-corrected chi connectivity index (χ2v) is 9.67. The van der Waals surface area contributed by atoms with Crippen LogP contribution in [-0.4, -0.2) is 53.4 Å². The average Bonchev–Trinajstić information content (AvgIpc) is 3.34. The molecular weight excluding hydrogens is 414 g/mol. The first-order valence-corrected chi connectivity index (χ1v) is 11.5. The van der Waals surface area contributed by atoms with Gasteiger partial charge in [-0.3, -0.25) is 4.79 Å². The van der Waals surface area contributed by atoms with E-state index in [0.717, 1.165) is 35.2 Å². The van der Waals surface area contributed by atoms with Gasteiger partial charge in [-0.15, -0.1) is 0 Å². The molecule has 0 spiro atoms. The van der Waals surface area contributed by atoms with Crippen LogP contribution in [0.5, 0.6) is 5.75 Å². The van der Waals surface area contributed by atoms with Gasteiger partial charge in [0.25, 0.3) is 10.0 Å². The molecule has 0 bridgehead atoms. The van der Waals surface area contributed by atoms with Crippen LogP contribution in [0.4, 0.5) is 5.13 Å². The molecule has 1 fully saturated rings. The zero-order chi connectivity index (χ0) is 20.4. The highest BCUT2D eigenvalue weighted by Gasteiger charge is 2.28. The van der Waals surface area contributed by atoms with Crippen molar-refractivity contribution >= 4 is 42.6 Å². The Morgan fingerprint density at radius 1 is 1.28 bits per heavy atom.